The maximum atomic E-state index is 14.2. The predicted molar refractivity (Wildman–Crippen MR) is 139 cm³/mol. The van der Waals surface area contributed by atoms with E-state index in [9.17, 15) is 14.3 Å². The smallest absolute Gasteiger partial charge is 0.325 e. The van der Waals surface area contributed by atoms with Gasteiger partial charge in [0.2, 0.25) is 0 Å². The first-order chi connectivity index (χ1) is 18.1. The normalized spacial score (nSPS) is 22.5. The third-order valence-corrected chi connectivity index (χ3v) is 7.91. The number of nitrogens with zero attached hydrogens (tertiary/aromatic N) is 2. The number of aryl methyl sites for hydroxylation is 2. The molecule has 37 heavy (non-hydrogen) atoms. The fraction of sp³-hybridized carbons (Fsp3) is 0.586. The number of carboxylic acid groups (broad SMARTS) is 1. The summed E-state index contributed by atoms with van der Waals surface area (Å²) in [6, 6.07) is 8.06. The molecule has 3 atom stereocenters. The number of carboxylic acids is 1. The molecule has 8 heteroatoms. The molecule has 1 aromatic heterocycles. The van der Waals surface area contributed by atoms with Crippen molar-refractivity contribution in [3.8, 4) is 0 Å². The topological polar surface area (TPSA) is 83.9 Å². The number of pyridine rings is 1. The summed E-state index contributed by atoms with van der Waals surface area (Å²) in [5.41, 5.74) is 3.90. The highest BCUT2D eigenvalue weighted by Gasteiger charge is 2.36. The van der Waals surface area contributed by atoms with Crippen molar-refractivity contribution in [2.24, 2.45) is 5.92 Å². The third kappa shape index (κ3) is 6.48. The Morgan fingerprint density at radius 1 is 1.27 bits per heavy atom. The number of hydrogen-bond donors (Lipinski definition) is 2. The van der Waals surface area contributed by atoms with Crippen LogP contribution in [0.3, 0.4) is 0 Å². The number of carbonyl (C=O) groups is 1. The lowest BCUT2D eigenvalue weighted by atomic mass is 9.89. The van der Waals surface area contributed by atoms with Crippen molar-refractivity contribution in [3.05, 3.63) is 58.5 Å². The third-order valence-electron chi connectivity index (χ3n) is 7.91. The van der Waals surface area contributed by atoms with Crippen LogP contribution < -0.4 is 5.32 Å². The highest BCUT2D eigenvalue weighted by Crippen LogP contribution is 2.36. The fourth-order valence-corrected chi connectivity index (χ4v) is 5.92. The van der Waals surface area contributed by atoms with Crippen LogP contribution in [-0.4, -0.2) is 67.0 Å². The largest absolute Gasteiger partial charge is 0.480 e. The van der Waals surface area contributed by atoms with E-state index in [-0.39, 0.29) is 11.8 Å². The van der Waals surface area contributed by atoms with Gasteiger partial charge in [-0.25, -0.2) is 9.37 Å². The Morgan fingerprint density at radius 3 is 3.03 bits per heavy atom. The van der Waals surface area contributed by atoms with Crippen LogP contribution in [-0.2, 0) is 27.1 Å². The van der Waals surface area contributed by atoms with Gasteiger partial charge < -0.3 is 19.9 Å². The molecule has 0 amide bonds. The number of fused-ring (bicyclic) bond motifs is 1. The van der Waals surface area contributed by atoms with E-state index in [2.05, 4.69) is 17.4 Å². The lowest BCUT2D eigenvalue weighted by molar-refractivity contribution is -0.143. The number of ether oxygens (including phenoxy) is 2. The molecule has 0 spiro atoms. The predicted octanol–water partition coefficient (Wildman–Crippen LogP) is 4.57. The molecule has 3 aliphatic rings. The number of anilines is 1. The molecule has 0 bridgehead atoms. The zero-order valence-electron chi connectivity index (χ0n) is 21.5. The van der Waals surface area contributed by atoms with Crippen LogP contribution in [0.15, 0.2) is 30.3 Å². The van der Waals surface area contributed by atoms with Crippen molar-refractivity contribution < 1.29 is 23.8 Å². The molecule has 2 N–H and O–H groups in total. The van der Waals surface area contributed by atoms with E-state index in [0.717, 1.165) is 62.1 Å². The zero-order valence-corrected chi connectivity index (χ0v) is 21.5. The van der Waals surface area contributed by atoms with Gasteiger partial charge in [-0.15, -0.1) is 0 Å². The van der Waals surface area contributed by atoms with Gasteiger partial charge in [0, 0.05) is 37.9 Å². The summed E-state index contributed by atoms with van der Waals surface area (Å²) in [7, 11) is 0. The Kier molecular flexibility index (Phi) is 8.69. The van der Waals surface area contributed by atoms with Crippen molar-refractivity contribution in [2.45, 2.75) is 56.9 Å². The minimum absolute atomic E-state index is 0.118. The van der Waals surface area contributed by atoms with Crippen molar-refractivity contribution in [2.75, 3.05) is 51.4 Å². The van der Waals surface area contributed by atoms with Crippen LogP contribution >= 0.6 is 0 Å². The molecular formula is C29H38FN3O4. The van der Waals surface area contributed by atoms with Crippen LogP contribution in [0.5, 0.6) is 0 Å². The minimum atomic E-state index is -0.932. The molecule has 0 radical (unpaired) electrons. The van der Waals surface area contributed by atoms with Gasteiger partial charge in [0.25, 0.3) is 0 Å². The van der Waals surface area contributed by atoms with Crippen LogP contribution in [0, 0.1) is 11.7 Å². The van der Waals surface area contributed by atoms with E-state index >= 15 is 0 Å². The van der Waals surface area contributed by atoms with Gasteiger partial charge in [-0.2, -0.15) is 0 Å². The second-order valence-corrected chi connectivity index (χ2v) is 10.6. The molecule has 1 aromatic carbocycles. The average molecular weight is 512 g/mol. The standard InChI is InChI=1S/C29H38FN3O4/c30-23-7-9-25(22-11-15-37-19-22)26(16-23)27(29(34)35)33-13-10-20(17-33)18-36-14-2-1-5-24-8-6-21-4-3-12-31-28(21)32-24/h6-9,16,20,22,27H,1-5,10-15,17-19H2,(H,31,32)(H,34,35)/t20-,22+,27-/m1/s1. The minimum Gasteiger partial charge on any atom is -0.480 e. The van der Waals surface area contributed by atoms with Crippen LogP contribution in [0.1, 0.15) is 66.4 Å². The molecule has 2 fully saturated rings. The number of unbranched alkanes of at least 4 members (excludes halogenated alkanes) is 1. The van der Waals surface area contributed by atoms with E-state index in [1.54, 1.807) is 6.07 Å². The van der Waals surface area contributed by atoms with Gasteiger partial charge in [-0.1, -0.05) is 12.1 Å². The lowest BCUT2D eigenvalue weighted by Crippen LogP contribution is -2.34. The molecule has 0 unspecified atom stereocenters. The Labute approximate surface area is 218 Å². The summed E-state index contributed by atoms with van der Waals surface area (Å²) < 4.78 is 25.7. The van der Waals surface area contributed by atoms with E-state index < -0.39 is 17.8 Å². The van der Waals surface area contributed by atoms with Crippen LogP contribution in [0.25, 0.3) is 0 Å². The first kappa shape index (κ1) is 26.1. The van der Waals surface area contributed by atoms with Gasteiger partial charge >= 0.3 is 5.97 Å². The number of aliphatic carboxylic acids is 1. The van der Waals surface area contributed by atoms with Crippen molar-refractivity contribution in [1.29, 1.82) is 0 Å². The maximum absolute atomic E-state index is 14.2. The molecule has 4 heterocycles. The zero-order chi connectivity index (χ0) is 25.6. The number of benzene rings is 1. The summed E-state index contributed by atoms with van der Waals surface area (Å²) in [5.74, 6) is 0.115. The van der Waals surface area contributed by atoms with Gasteiger partial charge in [-0.3, -0.25) is 9.69 Å². The monoisotopic (exact) mass is 511 g/mol. The SMILES string of the molecule is O=C(O)[C@@H](c1cc(F)ccc1[C@H]1CCOC1)N1CC[C@@H](COCCCCc2ccc3c(n2)NCCC3)C1. The molecule has 2 saturated heterocycles. The molecule has 5 rings (SSSR count). The van der Waals surface area contributed by atoms with Gasteiger partial charge in [0.15, 0.2) is 0 Å². The van der Waals surface area contributed by atoms with E-state index in [4.69, 9.17) is 14.5 Å². The molecule has 2 aromatic rings. The summed E-state index contributed by atoms with van der Waals surface area (Å²) in [4.78, 5) is 19.1. The number of nitrogens with one attached hydrogen (secondary N) is 1. The van der Waals surface area contributed by atoms with Gasteiger partial charge in [0.1, 0.15) is 17.7 Å². The molecule has 0 saturated carbocycles. The Morgan fingerprint density at radius 2 is 2.19 bits per heavy atom. The molecule has 200 valence electrons. The van der Waals surface area contributed by atoms with E-state index in [0.29, 0.717) is 45.1 Å². The maximum Gasteiger partial charge on any atom is 0.325 e. The number of hydrogen-bond acceptors (Lipinski definition) is 6. The van der Waals surface area contributed by atoms with Crippen LogP contribution in [0.4, 0.5) is 10.2 Å². The summed E-state index contributed by atoms with van der Waals surface area (Å²) in [6.45, 7) is 4.83. The highest BCUT2D eigenvalue weighted by molar-refractivity contribution is 5.76. The number of aromatic nitrogens is 1. The number of halogens is 1. The van der Waals surface area contributed by atoms with Crippen molar-refractivity contribution >= 4 is 11.8 Å². The number of likely N-dealkylation sites (tertiary alicyclic amines) is 1. The second-order valence-electron chi connectivity index (χ2n) is 10.6. The Bertz CT molecular complexity index is 1080. The van der Waals surface area contributed by atoms with Gasteiger partial charge in [-0.05, 0) is 92.3 Å². The molecule has 3 aliphatic heterocycles. The summed E-state index contributed by atoms with van der Waals surface area (Å²) in [6.07, 6.45) is 6.93. The van der Waals surface area contributed by atoms with E-state index in [1.165, 1.54) is 24.1 Å². The molecule has 0 aliphatic carbocycles. The van der Waals surface area contributed by atoms with E-state index in [1.807, 2.05) is 4.90 Å². The van der Waals surface area contributed by atoms with Crippen LogP contribution in [0.2, 0.25) is 0 Å². The fourth-order valence-electron chi connectivity index (χ4n) is 5.92. The first-order valence-corrected chi connectivity index (χ1v) is 13.7. The average Bonchev–Trinajstić information content (AvgIpc) is 3.59. The summed E-state index contributed by atoms with van der Waals surface area (Å²) in [5, 5.41) is 13.5. The molecule has 7 nitrogen and oxygen atoms in total. The van der Waals surface area contributed by atoms with Crippen molar-refractivity contribution in [3.63, 3.8) is 0 Å². The number of rotatable bonds is 11. The second kappa shape index (κ2) is 12.3. The first-order valence-electron chi connectivity index (χ1n) is 13.7. The quantitative estimate of drug-likeness (QED) is 0.428. The lowest BCUT2D eigenvalue weighted by Gasteiger charge is -2.28. The Hall–Kier alpha value is -2.55. The molecular weight excluding hydrogens is 473 g/mol. The summed E-state index contributed by atoms with van der Waals surface area (Å²) >= 11 is 0. The highest BCUT2D eigenvalue weighted by atomic mass is 19.1. The van der Waals surface area contributed by atoms with Gasteiger partial charge in [0.05, 0.1) is 13.2 Å². The Balaban J connectivity index is 1.08. The van der Waals surface area contributed by atoms with Crippen molar-refractivity contribution in [1.82, 2.24) is 9.88 Å².